The number of hydrogen-bond acceptors (Lipinski definition) is 4. The zero-order valence-corrected chi connectivity index (χ0v) is 14.6. The highest BCUT2D eigenvalue weighted by Crippen LogP contribution is 2.23. The van der Waals surface area contributed by atoms with Crippen LogP contribution in [0.5, 0.6) is 0 Å². The number of carbonyl (C=O) groups excluding carboxylic acids is 1. The minimum absolute atomic E-state index is 0.101. The maximum absolute atomic E-state index is 12.5. The van der Waals surface area contributed by atoms with E-state index in [1.54, 1.807) is 6.07 Å². The highest BCUT2D eigenvalue weighted by Gasteiger charge is 2.16. The maximum Gasteiger partial charge on any atom is 0.292 e. The lowest BCUT2D eigenvalue weighted by Crippen LogP contribution is -2.23. The molecule has 0 radical (unpaired) electrons. The van der Waals surface area contributed by atoms with Crippen molar-refractivity contribution in [1.82, 2.24) is 4.57 Å². The van der Waals surface area contributed by atoms with E-state index in [0.717, 1.165) is 11.1 Å². The van der Waals surface area contributed by atoms with Crippen LogP contribution < -0.4 is 10.9 Å². The fourth-order valence-corrected chi connectivity index (χ4v) is 2.69. The first-order valence-electron chi connectivity index (χ1n) is 8.25. The molecule has 1 heterocycles. The van der Waals surface area contributed by atoms with Crippen LogP contribution in [0, 0.1) is 17.0 Å². The van der Waals surface area contributed by atoms with E-state index in [-0.39, 0.29) is 22.5 Å². The van der Waals surface area contributed by atoms with E-state index in [1.807, 2.05) is 31.2 Å². The molecule has 0 aliphatic heterocycles. The molecule has 1 N–H and O–H groups in total. The lowest BCUT2D eigenvalue weighted by Gasteiger charge is -2.11. The van der Waals surface area contributed by atoms with E-state index >= 15 is 0 Å². The van der Waals surface area contributed by atoms with Crippen molar-refractivity contribution in [2.45, 2.75) is 13.5 Å². The molecule has 0 atom stereocenters. The van der Waals surface area contributed by atoms with Crippen LogP contribution in [0.1, 0.15) is 21.5 Å². The Hall–Kier alpha value is -3.74. The molecule has 7 nitrogen and oxygen atoms in total. The van der Waals surface area contributed by atoms with E-state index in [2.05, 4.69) is 5.32 Å². The Labute approximate surface area is 155 Å². The molecule has 27 heavy (non-hydrogen) atoms. The molecule has 3 rings (SSSR count). The highest BCUT2D eigenvalue weighted by atomic mass is 16.6. The van der Waals surface area contributed by atoms with Crippen LogP contribution >= 0.6 is 0 Å². The number of hydrogen-bond donors (Lipinski definition) is 1. The normalized spacial score (nSPS) is 10.4. The SMILES string of the molecule is Cc1ccccc1Cn1cc(C(=O)Nc2ccccc2[N+](=O)[O-])ccc1=O. The molecule has 0 fully saturated rings. The Bertz CT molecular complexity index is 1070. The van der Waals surface area contributed by atoms with Crippen molar-refractivity contribution in [2.75, 3.05) is 5.32 Å². The third-order valence-corrected chi connectivity index (χ3v) is 4.20. The number of nitro benzene ring substituents is 1. The van der Waals surface area contributed by atoms with Crippen molar-refractivity contribution in [3.63, 3.8) is 0 Å². The first-order chi connectivity index (χ1) is 13.0. The topological polar surface area (TPSA) is 94.2 Å². The average Bonchev–Trinajstić information content (AvgIpc) is 2.65. The van der Waals surface area contributed by atoms with Crippen LogP contribution in [0.25, 0.3) is 0 Å². The molecule has 0 saturated heterocycles. The van der Waals surface area contributed by atoms with Gasteiger partial charge in [0.1, 0.15) is 5.69 Å². The van der Waals surface area contributed by atoms with Crippen LogP contribution in [-0.4, -0.2) is 15.4 Å². The fraction of sp³-hybridized carbons (Fsp3) is 0.100. The Morgan fingerprint density at radius 2 is 1.78 bits per heavy atom. The van der Waals surface area contributed by atoms with Gasteiger partial charge in [0.15, 0.2) is 0 Å². The van der Waals surface area contributed by atoms with Gasteiger partial charge in [-0.2, -0.15) is 0 Å². The zero-order valence-electron chi connectivity index (χ0n) is 14.6. The third-order valence-electron chi connectivity index (χ3n) is 4.20. The molecule has 1 aromatic heterocycles. The number of aromatic nitrogens is 1. The van der Waals surface area contributed by atoms with E-state index in [1.165, 1.54) is 41.1 Å². The smallest absolute Gasteiger partial charge is 0.292 e. The number of aryl methyl sites for hydroxylation is 1. The summed E-state index contributed by atoms with van der Waals surface area (Å²) >= 11 is 0. The fourth-order valence-electron chi connectivity index (χ4n) is 2.69. The zero-order chi connectivity index (χ0) is 19.4. The summed E-state index contributed by atoms with van der Waals surface area (Å²) in [5.74, 6) is -0.525. The molecule has 0 unspecified atom stereocenters. The second-order valence-electron chi connectivity index (χ2n) is 6.04. The van der Waals surface area contributed by atoms with E-state index in [0.29, 0.717) is 6.54 Å². The number of nitro groups is 1. The van der Waals surface area contributed by atoms with Gasteiger partial charge in [-0.1, -0.05) is 36.4 Å². The van der Waals surface area contributed by atoms with Crippen molar-refractivity contribution >= 4 is 17.3 Å². The van der Waals surface area contributed by atoms with Crippen molar-refractivity contribution in [2.24, 2.45) is 0 Å². The minimum Gasteiger partial charge on any atom is -0.316 e. The number of pyridine rings is 1. The van der Waals surface area contributed by atoms with Crippen LogP contribution in [0.3, 0.4) is 0 Å². The number of anilines is 1. The number of nitrogens with one attached hydrogen (secondary N) is 1. The molecule has 0 spiro atoms. The lowest BCUT2D eigenvalue weighted by molar-refractivity contribution is -0.383. The van der Waals surface area contributed by atoms with Gasteiger partial charge < -0.3 is 9.88 Å². The van der Waals surface area contributed by atoms with Crippen LogP contribution in [0.2, 0.25) is 0 Å². The van der Waals surface area contributed by atoms with Gasteiger partial charge in [0.25, 0.3) is 17.2 Å². The summed E-state index contributed by atoms with van der Waals surface area (Å²) in [4.78, 5) is 35.2. The van der Waals surface area contributed by atoms with E-state index in [9.17, 15) is 19.7 Å². The molecule has 0 saturated carbocycles. The predicted molar refractivity (Wildman–Crippen MR) is 102 cm³/mol. The van der Waals surface area contributed by atoms with Gasteiger partial charge >= 0.3 is 0 Å². The summed E-state index contributed by atoms with van der Waals surface area (Å²) in [7, 11) is 0. The summed E-state index contributed by atoms with van der Waals surface area (Å²) in [5.41, 5.74) is 1.92. The molecule has 136 valence electrons. The monoisotopic (exact) mass is 363 g/mol. The standard InChI is InChI=1S/C20H17N3O4/c1-14-6-2-3-7-15(14)12-22-13-16(10-11-19(22)24)20(25)21-17-8-4-5-9-18(17)23(26)27/h2-11,13H,12H2,1H3,(H,21,25). The second-order valence-corrected chi connectivity index (χ2v) is 6.04. The van der Waals surface area contributed by atoms with Crippen molar-refractivity contribution in [1.29, 1.82) is 0 Å². The van der Waals surface area contributed by atoms with Gasteiger partial charge in [-0.15, -0.1) is 0 Å². The molecule has 7 heteroatoms. The molecular weight excluding hydrogens is 346 g/mol. The first-order valence-corrected chi connectivity index (χ1v) is 8.25. The van der Waals surface area contributed by atoms with Crippen LogP contribution in [0.4, 0.5) is 11.4 Å². The molecule has 0 aliphatic rings. The molecule has 2 aromatic carbocycles. The Morgan fingerprint density at radius 1 is 1.07 bits per heavy atom. The lowest BCUT2D eigenvalue weighted by atomic mass is 10.1. The number of rotatable bonds is 5. The summed E-state index contributed by atoms with van der Waals surface area (Å²) in [5, 5.41) is 13.6. The number of amides is 1. The largest absolute Gasteiger partial charge is 0.316 e. The highest BCUT2D eigenvalue weighted by molar-refractivity contribution is 6.05. The Kier molecular flexibility index (Phi) is 5.12. The van der Waals surface area contributed by atoms with Crippen molar-refractivity contribution in [3.05, 3.63) is 104 Å². The molecule has 0 bridgehead atoms. The summed E-state index contributed by atoms with van der Waals surface area (Å²) < 4.78 is 1.44. The molecule has 0 aliphatic carbocycles. The first kappa shape index (κ1) is 18.1. The van der Waals surface area contributed by atoms with Gasteiger partial charge in [-0.05, 0) is 30.2 Å². The average molecular weight is 363 g/mol. The van der Waals surface area contributed by atoms with Crippen molar-refractivity contribution < 1.29 is 9.72 Å². The molecule has 3 aromatic rings. The number of carbonyl (C=O) groups is 1. The van der Waals surface area contributed by atoms with Gasteiger partial charge in [-0.25, -0.2) is 0 Å². The third kappa shape index (κ3) is 4.09. The van der Waals surface area contributed by atoms with E-state index < -0.39 is 10.8 Å². The molecule has 1 amide bonds. The number of para-hydroxylation sites is 2. The van der Waals surface area contributed by atoms with Gasteiger partial charge in [0, 0.05) is 18.3 Å². The Morgan fingerprint density at radius 3 is 2.52 bits per heavy atom. The van der Waals surface area contributed by atoms with Crippen LogP contribution in [-0.2, 0) is 6.54 Å². The summed E-state index contributed by atoms with van der Waals surface area (Å²) in [6.45, 7) is 2.28. The van der Waals surface area contributed by atoms with Gasteiger partial charge in [-0.3, -0.25) is 19.7 Å². The van der Waals surface area contributed by atoms with Gasteiger partial charge in [0.05, 0.1) is 17.0 Å². The quantitative estimate of drug-likeness (QED) is 0.555. The Balaban J connectivity index is 1.88. The summed E-state index contributed by atoms with van der Waals surface area (Å²) in [6.07, 6.45) is 1.46. The second kappa shape index (κ2) is 7.65. The summed E-state index contributed by atoms with van der Waals surface area (Å²) in [6, 6.07) is 16.3. The number of benzene rings is 2. The van der Waals surface area contributed by atoms with Crippen molar-refractivity contribution in [3.8, 4) is 0 Å². The number of nitrogens with zero attached hydrogens (tertiary/aromatic N) is 2. The predicted octanol–water partition coefficient (Wildman–Crippen LogP) is 3.37. The van der Waals surface area contributed by atoms with Crippen LogP contribution in [0.15, 0.2) is 71.7 Å². The minimum atomic E-state index is -0.561. The molecular formula is C20H17N3O4. The van der Waals surface area contributed by atoms with Gasteiger partial charge in [0.2, 0.25) is 0 Å². The van der Waals surface area contributed by atoms with E-state index in [4.69, 9.17) is 0 Å². The maximum atomic E-state index is 12.5.